The minimum absolute atomic E-state index is 0.0123. The van der Waals surface area contributed by atoms with E-state index in [1.807, 2.05) is 31.2 Å². The molecule has 0 saturated carbocycles. The number of carbonyl (C=O) groups excluding carboxylic acids is 1. The van der Waals surface area contributed by atoms with E-state index in [-0.39, 0.29) is 17.9 Å². The number of nitrogens with two attached hydrogens (primary N) is 1. The zero-order valence-corrected chi connectivity index (χ0v) is 13.9. The summed E-state index contributed by atoms with van der Waals surface area (Å²) in [6, 6.07) is 7.51. The van der Waals surface area contributed by atoms with Crippen molar-refractivity contribution in [1.82, 2.24) is 15.1 Å². The van der Waals surface area contributed by atoms with Gasteiger partial charge >= 0.3 is 0 Å². The number of methoxy groups -OCH3 is 1. The summed E-state index contributed by atoms with van der Waals surface area (Å²) in [6.45, 7) is 3.64. The Morgan fingerprint density at radius 3 is 2.54 bits per heavy atom. The van der Waals surface area contributed by atoms with Gasteiger partial charge in [0, 0.05) is 11.5 Å². The zero-order chi connectivity index (χ0) is 17.1. The molecule has 1 fully saturated rings. The maximum atomic E-state index is 11.3. The van der Waals surface area contributed by atoms with Crippen molar-refractivity contribution in [1.29, 1.82) is 0 Å². The highest BCUT2D eigenvalue weighted by Gasteiger charge is 2.28. The van der Waals surface area contributed by atoms with Crippen molar-refractivity contribution in [2.75, 3.05) is 20.2 Å². The predicted octanol–water partition coefficient (Wildman–Crippen LogP) is 2.00. The van der Waals surface area contributed by atoms with Gasteiger partial charge in [0.15, 0.2) is 0 Å². The fourth-order valence-electron chi connectivity index (χ4n) is 2.98. The molecule has 0 aliphatic carbocycles. The minimum Gasteiger partial charge on any atom is -0.497 e. The van der Waals surface area contributed by atoms with Crippen molar-refractivity contribution in [2.45, 2.75) is 25.8 Å². The number of likely N-dealkylation sites (tertiary alicyclic amines) is 1. The lowest BCUT2D eigenvalue weighted by molar-refractivity contribution is -0.123. The third-order valence-corrected chi connectivity index (χ3v) is 4.61. The molecule has 2 heterocycles. The third-order valence-electron chi connectivity index (χ3n) is 4.61. The third kappa shape index (κ3) is 3.41. The summed E-state index contributed by atoms with van der Waals surface area (Å²) in [5.74, 6) is 1.63. The molecular formula is C17H22N4O3. The Kier molecular flexibility index (Phi) is 4.80. The summed E-state index contributed by atoms with van der Waals surface area (Å²) in [5, 5.41) is 8.33. The smallest absolute Gasteiger partial charge is 0.247 e. The van der Waals surface area contributed by atoms with Crippen LogP contribution in [0.3, 0.4) is 0 Å². The number of rotatable bonds is 5. The van der Waals surface area contributed by atoms with E-state index in [4.69, 9.17) is 14.9 Å². The van der Waals surface area contributed by atoms with Crippen LogP contribution in [-0.4, -0.2) is 41.2 Å². The highest BCUT2D eigenvalue weighted by atomic mass is 16.5. The molecule has 0 radical (unpaired) electrons. The summed E-state index contributed by atoms with van der Waals surface area (Å²) < 4.78 is 11.0. The van der Waals surface area contributed by atoms with E-state index in [9.17, 15) is 4.79 Å². The van der Waals surface area contributed by atoms with Gasteiger partial charge in [0.25, 0.3) is 0 Å². The highest BCUT2D eigenvalue weighted by Crippen LogP contribution is 2.28. The largest absolute Gasteiger partial charge is 0.497 e. The van der Waals surface area contributed by atoms with Crippen molar-refractivity contribution < 1.29 is 13.9 Å². The van der Waals surface area contributed by atoms with Gasteiger partial charge < -0.3 is 14.9 Å². The second-order valence-electron chi connectivity index (χ2n) is 6.06. The topological polar surface area (TPSA) is 94.5 Å². The van der Waals surface area contributed by atoms with Crippen molar-refractivity contribution in [3.63, 3.8) is 0 Å². The van der Waals surface area contributed by atoms with Gasteiger partial charge in [-0.25, -0.2) is 0 Å². The molecule has 2 N–H and O–H groups in total. The van der Waals surface area contributed by atoms with E-state index < -0.39 is 0 Å². The fraction of sp³-hybridized carbons (Fsp3) is 0.471. The first-order valence-corrected chi connectivity index (χ1v) is 8.09. The Morgan fingerprint density at radius 2 is 1.96 bits per heavy atom. The van der Waals surface area contributed by atoms with Crippen LogP contribution in [0.5, 0.6) is 5.75 Å². The van der Waals surface area contributed by atoms with Gasteiger partial charge in [-0.15, -0.1) is 10.2 Å². The Labute approximate surface area is 140 Å². The Hall–Kier alpha value is -2.41. The van der Waals surface area contributed by atoms with Crippen LogP contribution >= 0.6 is 0 Å². The van der Waals surface area contributed by atoms with Crippen LogP contribution in [0.15, 0.2) is 28.7 Å². The monoisotopic (exact) mass is 330 g/mol. The number of ether oxygens (including phenoxy) is 1. The summed E-state index contributed by atoms with van der Waals surface area (Å²) >= 11 is 0. The molecule has 24 heavy (non-hydrogen) atoms. The van der Waals surface area contributed by atoms with Crippen LogP contribution in [0.4, 0.5) is 0 Å². The van der Waals surface area contributed by atoms with E-state index in [1.54, 1.807) is 7.11 Å². The number of piperidine rings is 1. The number of hydrogen-bond donors (Lipinski definition) is 1. The van der Waals surface area contributed by atoms with Gasteiger partial charge in [-0.05, 0) is 57.1 Å². The summed E-state index contributed by atoms with van der Waals surface area (Å²) in [4.78, 5) is 13.5. The predicted molar refractivity (Wildman–Crippen MR) is 88.2 cm³/mol. The first-order chi connectivity index (χ1) is 11.6. The molecule has 2 aromatic rings. The molecular weight excluding hydrogens is 308 g/mol. The lowest BCUT2D eigenvalue weighted by atomic mass is 9.95. The van der Waals surface area contributed by atoms with Crippen LogP contribution < -0.4 is 10.5 Å². The van der Waals surface area contributed by atoms with Gasteiger partial charge in [-0.2, -0.15) is 0 Å². The SMILES string of the molecule is COc1ccc(-c2nnc([C@@H](C)N3CCC(C(N)=O)CC3)o2)cc1. The molecule has 0 unspecified atom stereocenters. The number of aromatic nitrogens is 2. The second kappa shape index (κ2) is 7.00. The van der Waals surface area contributed by atoms with Crippen molar-refractivity contribution in [3.8, 4) is 17.2 Å². The average Bonchev–Trinajstić information content (AvgIpc) is 3.11. The highest BCUT2D eigenvalue weighted by molar-refractivity contribution is 5.76. The lowest BCUT2D eigenvalue weighted by Gasteiger charge is -2.33. The molecule has 7 nitrogen and oxygen atoms in total. The van der Waals surface area contributed by atoms with Crippen LogP contribution in [0.25, 0.3) is 11.5 Å². The number of benzene rings is 1. The molecule has 1 amide bonds. The fourth-order valence-corrected chi connectivity index (χ4v) is 2.98. The molecule has 1 atom stereocenters. The summed E-state index contributed by atoms with van der Waals surface area (Å²) in [6.07, 6.45) is 1.55. The van der Waals surface area contributed by atoms with Crippen molar-refractivity contribution in [3.05, 3.63) is 30.2 Å². The number of nitrogens with zero attached hydrogens (tertiary/aromatic N) is 3. The molecule has 7 heteroatoms. The van der Waals surface area contributed by atoms with Crippen LogP contribution in [0.2, 0.25) is 0 Å². The van der Waals surface area contributed by atoms with Crippen LogP contribution in [0, 0.1) is 5.92 Å². The van der Waals surface area contributed by atoms with Crippen molar-refractivity contribution in [2.24, 2.45) is 11.7 Å². The second-order valence-corrected chi connectivity index (χ2v) is 6.06. The standard InChI is InChI=1S/C17H22N4O3/c1-11(21-9-7-12(8-10-21)15(18)22)16-19-20-17(24-16)13-3-5-14(23-2)6-4-13/h3-6,11-12H,7-10H2,1-2H3,(H2,18,22)/t11-/m1/s1. The van der Waals surface area contributed by atoms with Gasteiger partial charge in [-0.3, -0.25) is 9.69 Å². The molecule has 1 aromatic heterocycles. The first-order valence-electron chi connectivity index (χ1n) is 8.09. The quantitative estimate of drug-likeness (QED) is 0.901. The molecule has 128 valence electrons. The van der Waals surface area contributed by atoms with Crippen molar-refractivity contribution >= 4 is 5.91 Å². The molecule has 0 bridgehead atoms. The summed E-state index contributed by atoms with van der Waals surface area (Å²) in [7, 11) is 1.63. The maximum Gasteiger partial charge on any atom is 0.247 e. The van der Waals surface area contributed by atoms with Gasteiger partial charge in [0.2, 0.25) is 17.7 Å². The van der Waals surface area contributed by atoms with Crippen LogP contribution in [0.1, 0.15) is 31.7 Å². The van der Waals surface area contributed by atoms with Crippen LogP contribution in [-0.2, 0) is 4.79 Å². The van der Waals surface area contributed by atoms with Gasteiger partial charge in [0.05, 0.1) is 13.2 Å². The number of carbonyl (C=O) groups is 1. The van der Waals surface area contributed by atoms with E-state index in [1.165, 1.54) is 0 Å². The average molecular weight is 330 g/mol. The summed E-state index contributed by atoms with van der Waals surface area (Å²) in [5.41, 5.74) is 6.24. The Balaban J connectivity index is 1.67. The normalized spacial score (nSPS) is 17.6. The van der Waals surface area contributed by atoms with E-state index in [0.717, 1.165) is 37.2 Å². The molecule has 1 saturated heterocycles. The minimum atomic E-state index is -0.207. The number of primary amides is 1. The number of hydrogen-bond acceptors (Lipinski definition) is 6. The molecule has 0 spiro atoms. The Morgan fingerprint density at radius 1 is 1.29 bits per heavy atom. The maximum absolute atomic E-state index is 11.3. The zero-order valence-electron chi connectivity index (χ0n) is 13.9. The molecule has 1 aliphatic heterocycles. The van der Waals surface area contributed by atoms with Gasteiger partial charge in [-0.1, -0.05) is 0 Å². The first kappa shape index (κ1) is 16.4. The van der Waals surface area contributed by atoms with E-state index in [2.05, 4.69) is 15.1 Å². The molecule has 1 aliphatic rings. The van der Waals surface area contributed by atoms with Gasteiger partial charge in [0.1, 0.15) is 5.75 Å². The van der Waals surface area contributed by atoms with E-state index in [0.29, 0.717) is 11.8 Å². The lowest BCUT2D eigenvalue weighted by Crippen LogP contribution is -2.39. The molecule has 1 aromatic carbocycles. The molecule has 3 rings (SSSR count). The Bertz CT molecular complexity index is 690. The van der Waals surface area contributed by atoms with E-state index >= 15 is 0 Å². The number of amides is 1.